The third-order valence-electron chi connectivity index (χ3n) is 5.78. The van der Waals surface area contributed by atoms with Gasteiger partial charge in [-0.1, -0.05) is 11.6 Å². The second-order valence-corrected chi connectivity index (χ2v) is 7.76. The number of hydrogen-bond acceptors (Lipinski definition) is 4. The Morgan fingerprint density at radius 1 is 1.04 bits per heavy atom. The van der Waals surface area contributed by atoms with E-state index in [1.165, 1.54) is 0 Å². The lowest BCUT2D eigenvalue weighted by molar-refractivity contribution is -0.139. The van der Waals surface area contributed by atoms with Crippen LogP contribution in [0.3, 0.4) is 0 Å². The Balaban J connectivity index is 0.00000210. The van der Waals surface area contributed by atoms with Crippen molar-refractivity contribution < 1.29 is 9.59 Å². The van der Waals surface area contributed by atoms with Gasteiger partial charge in [-0.05, 0) is 37.1 Å². The first kappa shape index (κ1) is 20.4. The topological polar surface area (TPSA) is 55.9 Å². The van der Waals surface area contributed by atoms with E-state index in [-0.39, 0.29) is 24.2 Å². The molecule has 4 rings (SSSR count). The van der Waals surface area contributed by atoms with Gasteiger partial charge in [-0.25, -0.2) is 0 Å². The van der Waals surface area contributed by atoms with Crippen LogP contribution in [0.1, 0.15) is 12.8 Å². The molecule has 1 aromatic carbocycles. The number of hydrogen-bond donors (Lipinski definition) is 1. The van der Waals surface area contributed by atoms with Crippen LogP contribution >= 0.6 is 24.0 Å². The van der Waals surface area contributed by atoms with Gasteiger partial charge in [-0.3, -0.25) is 14.5 Å². The third kappa shape index (κ3) is 4.24. The first-order valence-electron chi connectivity index (χ1n) is 9.44. The predicted octanol–water partition coefficient (Wildman–Crippen LogP) is 1.62. The third-order valence-corrected chi connectivity index (χ3v) is 6.04. The van der Waals surface area contributed by atoms with Crippen molar-refractivity contribution in [3.63, 3.8) is 0 Å². The molecule has 8 heteroatoms. The number of carbonyl (C=O) groups excluding carboxylic acids is 2. The number of halogens is 2. The average molecular weight is 413 g/mol. The summed E-state index contributed by atoms with van der Waals surface area (Å²) in [5.74, 6) is -0.612. The summed E-state index contributed by atoms with van der Waals surface area (Å²) in [5.41, 5.74) is 0.815. The minimum atomic E-state index is -0.535. The minimum absolute atomic E-state index is 0. The summed E-state index contributed by atoms with van der Waals surface area (Å²) in [5, 5.41) is 4.01. The molecule has 27 heavy (non-hydrogen) atoms. The van der Waals surface area contributed by atoms with Gasteiger partial charge in [0, 0.05) is 62.6 Å². The number of anilines is 1. The summed E-state index contributed by atoms with van der Waals surface area (Å²) in [6.45, 7) is 6.22. The Bertz CT molecular complexity index is 679. The van der Waals surface area contributed by atoms with E-state index in [0.29, 0.717) is 24.0 Å². The zero-order valence-corrected chi connectivity index (χ0v) is 16.8. The molecule has 0 radical (unpaired) electrons. The monoisotopic (exact) mass is 412 g/mol. The van der Waals surface area contributed by atoms with E-state index < -0.39 is 5.92 Å². The van der Waals surface area contributed by atoms with Crippen LogP contribution < -0.4 is 10.2 Å². The van der Waals surface area contributed by atoms with E-state index in [0.717, 1.165) is 51.4 Å². The molecule has 3 aliphatic heterocycles. The van der Waals surface area contributed by atoms with Gasteiger partial charge in [0.15, 0.2) is 0 Å². The van der Waals surface area contributed by atoms with Crippen LogP contribution in [0.4, 0.5) is 5.69 Å². The molecule has 148 valence electrons. The summed E-state index contributed by atoms with van der Waals surface area (Å²) in [6, 6.07) is 7.66. The summed E-state index contributed by atoms with van der Waals surface area (Å²) in [4.78, 5) is 31.8. The molecule has 0 spiro atoms. The highest BCUT2D eigenvalue weighted by Crippen LogP contribution is 2.29. The lowest BCUT2D eigenvalue weighted by atomic mass is 10.1. The molecular weight excluding hydrogens is 387 g/mol. The maximum Gasteiger partial charge on any atom is 0.239 e. The van der Waals surface area contributed by atoms with Crippen molar-refractivity contribution in [1.29, 1.82) is 0 Å². The summed E-state index contributed by atoms with van der Waals surface area (Å²) >= 11 is 5.93. The molecule has 0 bridgehead atoms. The predicted molar refractivity (Wildman–Crippen MR) is 109 cm³/mol. The van der Waals surface area contributed by atoms with Crippen molar-refractivity contribution in [2.24, 2.45) is 5.92 Å². The molecule has 0 saturated carbocycles. The van der Waals surface area contributed by atoms with Crippen LogP contribution in [0, 0.1) is 5.92 Å². The van der Waals surface area contributed by atoms with Gasteiger partial charge < -0.3 is 15.1 Å². The zero-order chi connectivity index (χ0) is 18.1. The molecule has 2 amide bonds. The Labute approximate surface area is 171 Å². The highest BCUT2D eigenvalue weighted by Gasteiger charge is 2.42. The van der Waals surface area contributed by atoms with E-state index in [1.807, 2.05) is 17.0 Å². The maximum atomic E-state index is 12.9. The molecule has 3 aliphatic rings. The van der Waals surface area contributed by atoms with Crippen LogP contribution in [0.15, 0.2) is 24.3 Å². The fourth-order valence-corrected chi connectivity index (χ4v) is 4.42. The smallest absolute Gasteiger partial charge is 0.239 e. The van der Waals surface area contributed by atoms with E-state index in [1.54, 1.807) is 17.0 Å². The molecule has 3 heterocycles. The van der Waals surface area contributed by atoms with Crippen molar-refractivity contribution in [2.75, 3.05) is 50.7 Å². The number of amides is 2. The van der Waals surface area contributed by atoms with E-state index in [9.17, 15) is 9.59 Å². The molecule has 2 atom stereocenters. The van der Waals surface area contributed by atoms with Gasteiger partial charge in [-0.2, -0.15) is 0 Å². The second kappa shape index (κ2) is 8.78. The minimum Gasteiger partial charge on any atom is -0.340 e. The van der Waals surface area contributed by atoms with E-state index in [2.05, 4.69) is 10.2 Å². The van der Waals surface area contributed by atoms with Crippen molar-refractivity contribution in [3.8, 4) is 0 Å². The lowest BCUT2D eigenvalue weighted by Gasteiger charge is -2.32. The summed E-state index contributed by atoms with van der Waals surface area (Å²) in [6.07, 6.45) is 1.60. The van der Waals surface area contributed by atoms with Gasteiger partial charge in [0.1, 0.15) is 5.92 Å². The lowest BCUT2D eigenvalue weighted by Crippen LogP contribution is -2.49. The van der Waals surface area contributed by atoms with Crippen LogP contribution in [0.25, 0.3) is 0 Å². The molecule has 3 fully saturated rings. The summed E-state index contributed by atoms with van der Waals surface area (Å²) in [7, 11) is 0. The largest absolute Gasteiger partial charge is 0.340 e. The van der Waals surface area contributed by atoms with E-state index in [4.69, 9.17) is 11.6 Å². The molecule has 0 aromatic heterocycles. The fourth-order valence-electron chi connectivity index (χ4n) is 4.29. The van der Waals surface area contributed by atoms with Crippen molar-refractivity contribution >= 4 is 41.5 Å². The highest BCUT2D eigenvalue weighted by molar-refractivity contribution is 6.30. The standard InChI is InChI=1S/C19H25ClN4O2.ClH/c20-14-1-3-15(4-2-14)24-10-6-17(19(24)26)18(25)23-9-5-16(13-23)22-11-7-21-8-12-22;/h1-4,16-17,21H,5-13H2;1H. The first-order valence-corrected chi connectivity index (χ1v) is 9.82. The van der Waals surface area contributed by atoms with Gasteiger partial charge in [-0.15, -0.1) is 12.4 Å². The molecule has 1 N–H and O–H groups in total. The Kier molecular flexibility index (Phi) is 6.63. The van der Waals surface area contributed by atoms with Crippen molar-refractivity contribution in [2.45, 2.75) is 18.9 Å². The molecule has 6 nitrogen and oxygen atoms in total. The van der Waals surface area contributed by atoms with E-state index >= 15 is 0 Å². The Hall–Kier alpha value is -1.34. The SMILES string of the molecule is Cl.O=C(C1CCN(c2ccc(Cl)cc2)C1=O)N1CCC(N2CCNCC2)C1. The van der Waals surface area contributed by atoms with Gasteiger partial charge in [0.2, 0.25) is 11.8 Å². The zero-order valence-electron chi connectivity index (χ0n) is 15.3. The fraction of sp³-hybridized carbons (Fsp3) is 0.579. The first-order chi connectivity index (χ1) is 12.6. The number of carbonyl (C=O) groups is 2. The maximum absolute atomic E-state index is 12.9. The molecule has 2 unspecified atom stereocenters. The Morgan fingerprint density at radius 2 is 1.74 bits per heavy atom. The van der Waals surface area contributed by atoms with Crippen molar-refractivity contribution in [1.82, 2.24) is 15.1 Å². The van der Waals surface area contributed by atoms with Gasteiger partial charge in [0.25, 0.3) is 0 Å². The number of nitrogens with one attached hydrogen (secondary N) is 1. The number of rotatable bonds is 3. The van der Waals surface area contributed by atoms with Gasteiger partial charge >= 0.3 is 0 Å². The van der Waals surface area contributed by atoms with Gasteiger partial charge in [0.05, 0.1) is 0 Å². The highest BCUT2D eigenvalue weighted by atomic mass is 35.5. The summed E-state index contributed by atoms with van der Waals surface area (Å²) < 4.78 is 0. The average Bonchev–Trinajstić information content (AvgIpc) is 3.30. The normalized spacial score (nSPS) is 26.3. The molecule has 3 saturated heterocycles. The molecule has 1 aromatic rings. The van der Waals surface area contributed by atoms with Crippen LogP contribution in [-0.2, 0) is 9.59 Å². The van der Waals surface area contributed by atoms with Crippen LogP contribution in [0.5, 0.6) is 0 Å². The molecular formula is C19H26Cl2N4O2. The number of nitrogens with zero attached hydrogens (tertiary/aromatic N) is 3. The van der Waals surface area contributed by atoms with Crippen LogP contribution in [-0.4, -0.2) is 73.5 Å². The second-order valence-electron chi connectivity index (χ2n) is 7.32. The van der Waals surface area contributed by atoms with Crippen molar-refractivity contribution in [3.05, 3.63) is 29.3 Å². The molecule has 0 aliphatic carbocycles. The number of benzene rings is 1. The van der Waals surface area contributed by atoms with Crippen LogP contribution in [0.2, 0.25) is 5.02 Å². The number of piperazine rings is 1. The number of likely N-dealkylation sites (tertiary alicyclic amines) is 1. The Morgan fingerprint density at radius 3 is 2.44 bits per heavy atom. The quantitative estimate of drug-likeness (QED) is 0.766.